The number of hydrogen-bond acceptors (Lipinski definition) is 4. The Morgan fingerprint density at radius 2 is 1.80 bits per heavy atom. The Morgan fingerprint density at radius 1 is 1.17 bits per heavy atom. The van der Waals surface area contributed by atoms with Crippen molar-refractivity contribution in [2.24, 2.45) is 0 Å². The van der Waals surface area contributed by atoms with Crippen LogP contribution in [-0.2, 0) is 9.84 Å². The summed E-state index contributed by atoms with van der Waals surface area (Å²) in [6.07, 6.45) is 0. The van der Waals surface area contributed by atoms with Crippen LogP contribution in [0.25, 0.3) is 0 Å². The first kappa shape index (κ1) is 23.9. The lowest BCUT2D eigenvalue weighted by Gasteiger charge is -2.18. The number of amides is 3. The first-order valence-electron chi connectivity index (χ1n) is 7.86. The summed E-state index contributed by atoms with van der Waals surface area (Å²) >= 11 is 10.4. The molecule has 13 heteroatoms. The number of nitrogens with one attached hydrogen (secondary N) is 2. The van der Waals surface area contributed by atoms with Gasteiger partial charge in [-0.05, 0) is 42.8 Å². The van der Waals surface area contributed by atoms with Gasteiger partial charge in [-0.25, -0.2) is 22.0 Å². The SMILES string of the molecule is Cc1cc(S(=O)(=O)C(F)(F)C(F)Cl)ccc1NC(=O)NC(=O)c1c(F)cccc1Cl. The van der Waals surface area contributed by atoms with Gasteiger partial charge in [-0.1, -0.05) is 29.3 Å². The Labute approximate surface area is 178 Å². The van der Waals surface area contributed by atoms with Crippen LogP contribution in [0.15, 0.2) is 41.3 Å². The van der Waals surface area contributed by atoms with Gasteiger partial charge in [0.2, 0.25) is 9.84 Å². The van der Waals surface area contributed by atoms with E-state index in [0.29, 0.717) is 6.07 Å². The molecule has 0 saturated heterocycles. The summed E-state index contributed by atoms with van der Waals surface area (Å²) < 4.78 is 77.5. The lowest BCUT2D eigenvalue weighted by molar-refractivity contribution is 0.0423. The van der Waals surface area contributed by atoms with Crippen molar-refractivity contribution in [2.45, 2.75) is 22.7 Å². The Bertz CT molecular complexity index is 1090. The number of benzene rings is 2. The third-order valence-electron chi connectivity index (χ3n) is 3.79. The predicted octanol–water partition coefficient (Wildman–Crippen LogP) is 4.65. The van der Waals surface area contributed by atoms with Crippen molar-refractivity contribution in [1.29, 1.82) is 0 Å². The number of urea groups is 1. The van der Waals surface area contributed by atoms with E-state index in [1.807, 2.05) is 5.32 Å². The number of carbonyl (C=O) groups is 2. The smallest absolute Gasteiger partial charge is 0.307 e. The molecule has 6 nitrogen and oxygen atoms in total. The second-order valence-corrected chi connectivity index (χ2v) is 8.66. The number of sulfone groups is 1. The molecule has 0 aliphatic heterocycles. The van der Waals surface area contributed by atoms with Crippen LogP contribution in [-0.4, -0.2) is 31.2 Å². The van der Waals surface area contributed by atoms with Gasteiger partial charge in [0.1, 0.15) is 5.82 Å². The maximum Gasteiger partial charge on any atom is 0.393 e. The lowest BCUT2D eigenvalue weighted by Crippen LogP contribution is -2.36. The molecule has 0 aliphatic carbocycles. The number of rotatable bonds is 5. The van der Waals surface area contributed by atoms with Gasteiger partial charge >= 0.3 is 11.3 Å². The van der Waals surface area contributed by atoms with Gasteiger partial charge in [0.25, 0.3) is 11.5 Å². The fourth-order valence-electron chi connectivity index (χ4n) is 2.25. The maximum atomic E-state index is 13.7. The summed E-state index contributed by atoms with van der Waals surface area (Å²) in [5.74, 6) is -2.12. The number of imide groups is 1. The van der Waals surface area contributed by atoms with E-state index < -0.39 is 48.9 Å². The molecule has 3 amide bonds. The molecule has 0 aliphatic rings. The van der Waals surface area contributed by atoms with Gasteiger partial charge in [-0.2, -0.15) is 8.78 Å². The lowest BCUT2D eigenvalue weighted by atomic mass is 10.2. The zero-order valence-corrected chi connectivity index (χ0v) is 17.2. The van der Waals surface area contributed by atoms with Crippen molar-refractivity contribution in [3.05, 3.63) is 58.4 Å². The largest absolute Gasteiger partial charge is 0.393 e. The highest BCUT2D eigenvalue weighted by molar-refractivity contribution is 7.92. The highest BCUT2D eigenvalue weighted by Gasteiger charge is 2.53. The Morgan fingerprint density at radius 3 is 2.33 bits per heavy atom. The average molecular weight is 487 g/mol. The van der Waals surface area contributed by atoms with Gasteiger partial charge in [-0.15, -0.1) is 0 Å². The topological polar surface area (TPSA) is 92.3 Å². The van der Waals surface area contributed by atoms with Gasteiger partial charge in [-0.3, -0.25) is 10.1 Å². The van der Waals surface area contributed by atoms with Gasteiger partial charge in [0.15, 0.2) is 0 Å². The maximum absolute atomic E-state index is 13.7. The van der Waals surface area contributed by atoms with Crippen molar-refractivity contribution in [3.8, 4) is 0 Å². The first-order chi connectivity index (χ1) is 13.8. The molecular weight excluding hydrogens is 475 g/mol. The summed E-state index contributed by atoms with van der Waals surface area (Å²) in [4.78, 5) is 23.1. The first-order valence-corrected chi connectivity index (χ1v) is 10.2. The molecule has 0 heterocycles. The molecule has 1 atom stereocenters. The molecule has 0 saturated carbocycles. The van der Waals surface area contributed by atoms with Gasteiger partial charge < -0.3 is 5.32 Å². The molecule has 0 aromatic heterocycles. The quantitative estimate of drug-likeness (QED) is 0.475. The van der Waals surface area contributed by atoms with E-state index in [1.165, 1.54) is 19.1 Å². The van der Waals surface area contributed by atoms with E-state index in [9.17, 15) is 35.6 Å². The second kappa shape index (κ2) is 8.78. The minimum absolute atomic E-state index is 0.0108. The van der Waals surface area contributed by atoms with Gasteiger partial charge in [0.05, 0.1) is 15.5 Å². The van der Waals surface area contributed by atoms with E-state index in [0.717, 1.165) is 18.2 Å². The molecule has 0 radical (unpaired) electrons. The predicted molar refractivity (Wildman–Crippen MR) is 102 cm³/mol. The van der Waals surface area contributed by atoms with E-state index in [-0.39, 0.29) is 16.3 Å². The van der Waals surface area contributed by atoms with Crippen LogP contribution < -0.4 is 10.6 Å². The third kappa shape index (κ3) is 4.68. The molecule has 2 aromatic rings. The van der Waals surface area contributed by atoms with Crippen molar-refractivity contribution in [3.63, 3.8) is 0 Å². The number of anilines is 1. The highest BCUT2D eigenvalue weighted by Crippen LogP contribution is 2.36. The number of aryl methyl sites for hydroxylation is 1. The minimum Gasteiger partial charge on any atom is -0.307 e. The minimum atomic E-state index is -5.45. The van der Waals surface area contributed by atoms with Crippen LogP contribution in [0.5, 0.6) is 0 Å². The fourth-order valence-corrected chi connectivity index (χ4v) is 3.98. The number of carbonyl (C=O) groups excluding carboxylic acids is 2. The molecule has 0 spiro atoms. The van der Waals surface area contributed by atoms with E-state index in [1.54, 1.807) is 0 Å². The Kier molecular flexibility index (Phi) is 7.00. The van der Waals surface area contributed by atoms with Crippen molar-refractivity contribution >= 4 is 50.7 Å². The molecule has 0 fully saturated rings. The van der Waals surface area contributed by atoms with Crippen molar-refractivity contribution in [1.82, 2.24) is 5.32 Å². The summed E-state index contributed by atoms with van der Waals surface area (Å²) in [6, 6.07) is 4.72. The number of halogens is 6. The molecule has 0 bridgehead atoms. The fraction of sp³-hybridized carbons (Fsp3) is 0.176. The van der Waals surface area contributed by atoms with Gasteiger partial charge in [0, 0.05) is 5.69 Å². The standard InChI is InChI=1S/C17H12Cl2F4N2O4S/c1-8-7-9(30(28,29)17(22,23)15(19)21)5-6-12(8)24-16(27)25-14(26)13-10(18)3-2-4-11(13)20/h2-7,15H,1H3,(H2,24,25,26,27). The molecular formula is C17H12Cl2F4N2O4S. The molecule has 162 valence electrons. The van der Waals surface area contributed by atoms with Crippen LogP contribution in [0, 0.1) is 12.7 Å². The van der Waals surface area contributed by atoms with Crippen LogP contribution >= 0.6 is 23.2 Å². The summed E-state index contributed by atoms with van der Waals surface area (Å²) in [7, 11) is -5.45. The molecule has 30 heavy (non-hydrogen) atoms. The van der Waals surface area contributed by atoms with Crippen LogP contribution in [0.1, 0.15) is 15.9 Å². The van der Waals surface area contributed by atoms with Crippen molar-refractivity contribution in [2.75, 3.05) is 5.32 Å². The average Bonchev–Trinajstić information content (AvgIpc) is 2.62. The molecule has 2 aromatic carbocycles. The number of alkyl halides is 4. The zero-order valence-electron chi connectivity index (χ0n) is 14.9. The second-order valence-electron chi connectivity index (χ2n) is 5.85. The summed E-state index contributed by atoms with van der Waals surface area (Å²) in [5, 5.41) is -1.12. The third-order valence-corrected chi connectivity index (χ3v) is 6.30. The van der Waals surface area contributed by atoms with E-state index >= 15 is 0 Å². The van der Waals surface area contributed by atoms with Crippen LogP contribution in [0.3, 0.4) is 0 Å². The van der Waals surface area contributed by atoms with Crippen molar-refractivity contribution < 1.29 is 35.6 Å². The van der Waals surface area contributed by atoms with E-state index in [2.05, 4.69) is 16.9 Å². The van der Waals surface area contributed by atoms with Crippen LogP contribution in [0.4, 0.5) is 28.0 Å². The molecule has 2 N–H and O–H groups in total. The monoisotopic (exact) mass is 486 g/mol. The Balaban J connectivity index is 2.21. The summed E-state index contributed by atoms with van der Waals surface area (Å²) in [6.45, 7) is 1.26. The highest BCUT2D eigenvalue weighted by atomic mass is 35.5. The molecule has 1 unspecified atom stereocenters. The molecule has 2 rings (SSSR count). The van der Waals surface area contributed by atoms with E-state index in [4.69, 9.17) is 11.6 Å². The Hall–Kier alpha value is -2.37. The number of hydrogen-bond donors (Lipinski definition) is 2. The normalized spacial score (nSPS) is 12.9. The zero-order chi connectivity index (χ0) is 22.9. The summed E-state index contributed by atoms with van der Waals surface area (Å²) in [5.41, 5.74) is -4.12. The van der Waals surface area contributed by atoms with Crippen LogP contribution in [0.2, 0.25) is 5.02 Å².